The van der Waals surface area contributed by atoms with Gasteiger partial charge in [0.1, 0.15) is 23.3 Å². The molecular weight excluding hydrogens is 597 g/mol. The van der Waals surface area contributed by atoms with Crippen molar-refractivity contribution in [3.8, 4) is 11.1 Å². The van der Waals surface area contributed by atoms with E-state index in [9.17, 15) is 23.9 Å². The van der Waals surface area contributed by atoms with Crippen LogP contribution < -0.4 is 11.0 Å². The number of alkyl halides is 1. The molecule has 1 saturated heterocycles. The van der Waals surface area contributed by atoms with Crippen LogP contribution in [0.1, 0.15) is 79.2 Å². The first kappa shape index (κ1) is 34.9. The van der Waals surface area contributed by atoms with Crippen LogP contribution in [0.5, 0.6) is 0 Å². The van der Waals surface area contributed by atoms with Gasteiger partial charge in [-0.2, -0.15) is 4.98 Å². The average Bonchev–Trinajstić information content (AvgIpc) is 2.92. The van der Waals surface area contributed by atoms with Crippen LogP contribution in [0.25, 0.3) is 11.1 Å². The fourth-order valence-electron chi connectivity index (χ4n) is 6.37. The lowest BCUT2D eigenvalue weighted by Gasteiger charge is -2.42. The molecule has 0 aliphatic carbocycles. The molecule has 0 bridgehead atoms. The van der Waals surface area contributed by atoms with E-state index < -0.39 is 58.9 Å². The maximum atomic E-state index is 16.4. The highest BCUT2D eigenvalue weighted by atomic mass is 19.1. The molecule has 1 aromatic heterocycles. The second-order valence-corrected chi connectivity index (χ2v) is 13.3. The minimum absolute atomic E-state index is 0.0864. The van der Waals surface area contributed by atoms with Gasteiger partial charge in [-0.3, -0.25) is 19.1 Å². The summed E-state index contributed by atoms with van der Waals surface area (Å²) in [4.78, 5) is 45.2. The molecule has 1 aliphatic heterocycles. The number of likely N-dealkylation sites (tertiary alicyclic amines) is 1. The Bertz CT molecular complexity index is 1670. The zero-order chi connectivity index (χ0) is 34.1. The van der Waals surface area contributed by atoms with E-state index in [1.54, 1.807) is 46.0 Å². The van der Waals surface area contributed by atoms with Crippen LogP contribution in [0.2, 0.25) is 0 Å². The summed E-state index contributed by atoms with van der Waals surface area (Å²) in [6.07, 6.45) is 1.41. The summed E-state index contributed by atoms with van der Waals surface area (Å²) in [5.41, 5.74) is 0.982. The summed E-state index contributed by atoms with van der Waals surface area (Å²) >= 11 is 0. The molecule has 1 aliphatic rings. The van der Waals surface area contributed by atoms with Gasteiger partial charge in [-0.15, -0.1) is 0 Å². The molecule has 2 atom stereocenters. The predicted octanol–water partition coefficient (Wildman–Crippen LogP) is 5.93. The zero-order valence-corrected chi connectivity index (χ0v) is 27.5. The minimum atomic E-state index is -1.57. The van der Waals surface area contributed by atoms with Crippen molar-refractivity contribution < 1.29 is 27.9 Å². The van der Waals surface area contributed by atoms with E-state index in [1.807, 2.05) is 24.8 Å². The number of aliphatic carboxylic acids is 1. The molecule has 0 radical (unpaired) electrons. The van der Waals surface area contributed by atoms with Gasteiger partial charge in [-0.25, -0.2) is 18.0 Å². The first-order valence-corrected chi connectivity index (χ1v) is 15.6. The van der Waals surface area contributed by atoms with Gasteiger partial charge in [0, 0.05) is 42.7 Å². The van der Waals surface area contributed by atoms with Crippen LogP contribution in [0, 0.1) is 45.2 Å². The third-order valence-corrected chi connectivity index (χ3v) is 8.59. The average molecular weight is 641 g/mol. The van der Waals surface area contributed by atoms with Crippen LogP contribution in [-0.4, -0.2) is 56.7 Å². The Morgan fingerprint density at radius 2 is 1.70 bits per heavy atom. The van der Waals surface area contributed by atoms with E-state index in [0.717, 1.165) is 11.1 Å². The van der Waals surface area contributed by atoms with Crippen LogP contribution in [0.3, 0.4) is 0 Å². The van der Waals surface area contributed by atoms with Gasteiger partial charge >= 0.3 is 11.7 Å². The lowest BCUT2D eigenvalue weighted by molar-refractivity contribution is -0.138. The minimum Gasteiger partial charge on any atom is -0.481 e. The number of rotatable bonds is 12. The molecule has 3 aromatic rings. The molecule has 1 fully saturated rings. The Morgan fingerprint density at radius 1 is 1.07 bits per heavy atom. The molecule has 46 heavy (non-hydrogen) atoms. The number of carbonyl (C=O) groups excluding carboxylic acids is 1. The predicted molar refractivity (Wildman–Crippen MR) is 171 cm³/mol. The third kappa shape index (κ3) is 7.68. The van der Waals surface area contributed by atoms with Crippen molar-refractivity contribution in [2.45, 2.75) is 85.5 Å². The fraction of sp³-hybridized carbons (Fsp3) is 0.486. The molecular formula is C35H43F3N4O4. The lowest BCUT2D eigenvalue weighted by atomic mass is 9.89. The first-order valence-electron chi connectivity index (χ1n) is 15.6. The summed E-state index contributed by atoms with van der Waals surface area (Å²) in [5, 5.41) is 12.4. The normalized spacial score (nSPS) is 15.8. The number of hydrogen-bond acceptors (Lipinski definition) is 5. The standard InChI is InChI=1S/C35H43F3N4O4/c1-19(2)13-27(42-16-24(23(6)39-34(42)46)11-12-41-17-35(7,38)18-41)33(45)40-26(15-28(43)44)30-31(36)22(5)14-25(32(30)37)29-20(3)9-8-10-21(29)4/h8-10,14,16,19,26-27H,11-13,15,17-18H2,1-7H3,(H,40,45)(H,43,44)/t26-,27-/m0/s1. The number of nitrogens with one attached hydrogen (secondary N) is 1. The van der Waals surface area contributed by atoms with Gasteiger partial charge in [-0.05, 0) is 87.3 Å². The Hall–Kier alpha value is -3.99. The maximum absolute atomic E-state index is 16.4. The highest BCUT2D eigenvalue weighted by molar-refractivity contribution is 5.82. The molecule has 2 N–H and O–H groups in total. The first-order chi connectivity index (χ1) is 21.5. The van der Waals surface area contributed by atoms with E-state index in [2.05, 4.69) is 10.3 Å². The maximum Gasteiger partial charge on any atom is 0.348 e. The second-order valence-electron chi connectivity index (χ2n) is 13.3. The summed E-state index contributed by atoms with van der Waals surface area (Å²) in [5.74, 6) is -4.13. The summed E-state index contributed by atoms with van der Waals surface area (Å²) in [6.45, 7) is 13.2. The molecule has 4 rings (SSSR count). The lowest BCUT2D eigenvalue weighted by Crippen LogP contribution is -2.57. The zero-order valence-electron chi connectivity index (χ0n) is 27.5. The molecule has 0 unspecified atom stereocenters. The number of aryl methyl sites for hydroxylation is 4. The number of halogens is 3. The van der Waals surface area contributed by atoms with Crippen molar-refractivity contribution in [2.24, 2.45) is 5.92 Å². The molecule has 0 spiro atoms. The van der Waals surface area contributed by atoms with Crippen molar-refractivity contribution in [1.29, 1.82) is 0 Å². The highest BCUT2D eigenvalue weighted by Crippen LogP contribution is 2.37. The van der Waals surface area contributed by atoms with E-state index in [4.69, 9.17) is 0 Å². The second kappa shape index (κ2) is 13.8. The van der Waals surface area contributed by atoms with Crippen molar-refractivity contribution in [1.82, 2.24) is 19.8 Å². The number of aromatic nitrogens is 2. The Balaban J connectivity index is 1.73. The Labute approximate surface area is 267 Å². The van der Waals surface area contributed by atoms with Crippen LogP contribution in [-0.2, 0) is 16.0 Å². The number of carbonyl (C=O) groups is 2. The summed E-state index contributed by atoms with van der Waals surface area (Å²) in [6, 6.07) is 4.11. The molecule has 2 aromatic carbocycles. The van der Waals surface area contributed by atoms with Gasteiger partial charge in [0.15, 0.2) is 0 Å². The number of nitrogens with zero attached hydrogens (tertiary/aromatic N) is 3. The molecule has 8 nitrogen and oxygen atoms in total. The summed E-state index contributed by atoms with van der Waals surface area (Å²) in [7, 11) is 0. The molecule has 1 amide bonds. The van der Waals surface area contributed by atoms with Crippen molar-refractivity contribution in [3.63, 3.8) is 0 Å². The van der Waals surface area contributed by atoms with E-state index in [0.29, 0.717) is 42.9 Å². The topological polar surface area (TPSA) is 105 Å². The number of carboxylic acid groups (broad SMARTS) is 1. The van der Waals surface area contributed by atoms with Gasteiger partial charge in [-0.1, -0.05) is 32.0 Å². The van der Waals surface area contributed by atoms with Crippen molar-refractivity contribution in [2.75, 3.05) is 19.6 Å². The number of benzene rings is 2. The quantitative estimate of drug-likeness (QED) is 0.255. The SMILES string of the molecule is Cc1cc(-c2c(C)cccc2C)c(F)c([C@H](CC(=O)O)NC(=O)[C@H](CC(C)C)n2cc(CCN3CC(C)(F)C3)c(C)nc2=O)c1F. The number of carboxylic acids is 1. The van der Waals surface area contributed by atoms with E-state index in [-0.39, 0.29) is 23.5 Å². The van der Waals surface area contributed by atoms with E-state index >= 15 is 8.78 Å². The monoisotopic (exact) mass is 640 g/mol. The largest absolute Gasteiger partial charge is 0.481 e. The Morgan fingerprint density at radius 3 is 2.26 bits per heavy atom. The van der Waals surface area contributed by atoms with Crippen LogP contribution >= 0.6 is 0 Å². The third-order valence-electron chi connectivity index (χ3n) is 8.59. The van der Waals surface area contributed by atoms with Gasteiger partial charge in [0.25, 0.3) is 0 Å². The van der Waals surface area contributed by atoms with Crippen LogP contribution in [0.4, 0.5) is 13.2 Å². The van der Waals surface area contributed by atoms with E-state index in [1.165, 1.54) is 17.6 Å². The smallest absolute Gasteiger partial charge is 0.348 e. The highest BCUT2D eigenvalue weighted by Gasteiger charge is 2.38. The fourth-order valence-corrected chi connectivity index (χ4v) is 6.37. The van der Waals surface area contributed by atoms with Crippen molar-refractivity contribution >= 4 is 11.9 Å². The van der Waals surface area contributed by atoms with Gasteiger partial charge in [0.05, 0.1) is 12.5 Å². The number of hydrogen-bond donors (Lipinski definition) is 2. The summed E-state index contributed by atoms with van der Waals surface area (Å²) < 4.78 is 47.3. The Kier molecular flexibility index (Phi) is 10.5. The van der Waals surface area contributed by atoms with Crippen molar-refractivity contribution in [3.05, 3.63) is 86.1 Å². The molecule has 0 saturated carbocycles. The molecule has 2 heterocycles. The van der Waals surface area contributed by atoms with Crippen LogP contribution in [0.15, 0.2) is 35.3 Å². The number of amides is 1. The molecule has 248 valence electrons. The van der Waals surface area contributed by atoms with Gasteiger partial charge < -0.3 is 10.4 Å². The van der Waals surface area contributed by atoms with Gasteiger partial charge in [0.2, 0.25) is 5.91 Å². The molecule has 11 heteroatoms.